The Labute approximate surface area is 191 Å². The molecule has 2 aromatic rings. The number of rotatable bonds is 7. The van der Waals surface area contributed by atoms with E-state index in [9.17, 15) is 19.2 Å². The minimum absolute atomic E-state index is 0.158. The first-order chi connectivity index (χ1) is 16.0. The molecule has 3 amide bonds. The summed E-state index contributed by atoms with van der Waals surface area (Å²) in [5.74, 6) is -1.67. The van der Waals surface area contributed by atoms with E-state index in [1.165, 1.54) is 17.0 Å². The lowest BCUT2D eigenvalue weighted by atomic mass is 9.81. The molecule has 172 valence electrons. The molecule has 0 radical (unpaired) electrons. The molecule has 1 heterocycles. The van der Waals surface area contributed by atoms with E-state index < -0.39 is 18.5 Å². The normalized spacial score (nSPS) is 19.7. The van der Waals surface area contributed by atoms with Crippen molar-refractivity contribution in [3.8, 4) is 5.75 Å². The number of carbonyl (C=O) groups excluding carboxylic acids is 4. The minimum atomic E-state index is -0.721. The maximum absolute atomic E-state index is 12.8. The number of imide groups is 1. The summed E-state index contributed by atoms with van der Waals surface area (Å²) in [6, 6.07) is 13.2. The van der Waals surface area contributed by atoms with Crippen molar-refractivity contribution in [3.63, 3.8) is 0 Å². The zero-order valence-corrected chi connectivity index (χ0v) is 18.4. The predicted molar refractivity (Wildman–Crippen MR) is 121 cm³/mol. The van der Waals surface area contributed by atoms with Crippen LogP contribution in [0.25, 0.3) is 0 Å². The Balaban J connectivity index is 1.40. The number of anilines is 2. The Morgan fingerprint density at radius 1 is 1.00 bits per heavy atom. The van der Waals surface area contributed by atoms with Gasteiger partial charge in [0.1, 0.15) is 5.75 Å². The van der Waals surface area contributed by atoms with E-state index in [0.29, 0.717) is 23.7 Å². The number of nitrogens with zero attached hydrogens (tertiary/aromatic N) is 1. The first-order valence-corrected chi connectivity index (χ1v) is 11.2. The highest BCUT2D eigenvalue weighted by Crippen LogP contribution is 2.40. The average Bonchev–Trinajstić information content (AvgIpc) is 3.09. The van der Waals surface area contributed by atoms with Crippen molar-refractivity contribution in [3.05, 3.63) is 54.1 Å². The topological polar surface area (TPSA) is 102 Å². The molecule has 2 aromatic carbocycles. The van der Waals surface area contributed by atoms with Crippen LogP contribution in [0.1, 0.15) is 43.0 Å². The van der Waals surface area contributed by atoms with Gasteiger partial charge < -0.3 is 14.8 Å². The fourth-order valence-electron chi connectivity index (χ4n) is 4.44. The lowest BCUT2D eigenvalue weighted by molar-refractivity contribution is -0.122. The van der Waals surface area contributed by atoms with Crippen LogP contribution in [0.3, 0.4) is 0 Å². The average molecular weight is 450 g/mol. The molecule has 0 spiro atoms. The number of ether oxygens (including phenoxy) is 2. The second-order valence-corrected chi connectivity index (χ2v) is 8.11. The number of benzene rings is 2. The number of esters is 1. The van der Waals surface area contributed by atoms with Crippen LogP contribution in [0.15, 0.2) is 48.5 Å². The molecule has 1 saturated heterocycles. The van der Waals surface area contributed by atoms with E-state index in [-0.39, 0.29) is 29.2 Å². The minimum Gasteiger partial charge on any atom is -0.492 e. The molecule has 8 heteroatoms. The van der Waals surface area contributed by atoms with E-state index in [1.807, 2.05) is 6.92 Å². The molecular formula is C25H26N2O6. The molecule has 33 heavy (non-hydrogen) atoms. The first-order valence-electron chi connectivity index (χ1n) is 11.2. The van der Waals surface area contributed by atoms with Crippen molar-refractivity contribution in [2.45, 2.75) is 32.6 Å². The first kappa shape index (κ1) is 22.5. The Kier molecular flexibility index (Phi) is 6.72. The van der Waals surface area contributed by atoms with Crippen LogP contribution < -0.4 is 15.0 Å². The van der Waals surface area contributed by atoms with Crippen molar-refractivity contribution >= 4 is 35.1 Å². The molecule has 2 aliphatic rings. The van der Waals surface area contributed by atoms with Crippen LogP contribution in [0.4, 0.5) is 11.4 Å². The van der Waals surface area contributed by atoms with Gasteiger partial charge in [-0.3, -0.25) is 19.3 Å². The van der Waals surface area contributed by atoms with Gasteiger partial charge in [0.15, 0.2) is 6.61 Å². The molecule has 1 aliphatic heterocycles. The standard InChI is InChI=1S/C25H26N2O6/c1-2-32-21-13-6-5-12-20(21)26-22(28)15-33-25(31)16-8-7-9-17(14-16)27-23(29)18-10-3-4-11-19(18)24(27)30/h5-9,12-14,18-19H,2-4,10-11,15H2,1H3,(H,26,28)/t18-,19-/m1/s1. The fourth-order valence-corrected chi connectivity index (χ4v) is 4.44. The summed E-state index contributed by atoms with van der Waals surface area (Å²) in [6.07, 6.45) is 3.32. The summed E-state index contributed by atoms with van der Waals surface area (Å²) >= 11 is 0. The van der Waals surface area contributed by atoms with Gasteiger partial charge in [0.25, 0.3) is 5.91 Å². The third kappa shape index (κ3) is 4.74. The maximum Gasteiger partial charge on any atom is 0.338 e. The number of carbonyl (C=O) groups is 4. The van der Waals surface area contributed by atoms with Crippen LogP contribution in [-0.4, -0.2) is 36.9 Å². The lowest BCUT2D eigenvalue weighted by Crippen LogP contribution is -2.31. The van der Waals surface area contributed by atoms with Crippen molar-refractivity contribution in [1.82, 2.24) is 0 Å². The molecule has 2 atom stereocenters. The van der Waals surface area contributed by atoms with Crippen molar-refractivity contribution in [2.24, 2.45) is 11.8 Å². The fraction of sp³-hybridized carbons (Fsp3) is 0.360. The summed E-state index contributed by atoms with van der Waals surface area (Å²) in [5.41, 5.74) is 0.990. The smallest absolute Gasteiger partial charge is 0.338 e. The van der Waals surface area contributed by atoms with Gasteiger partial charge in [-0.05, 0) is 50.1 Å². The van der Waals surface area contributed by atoms with Crippen LogP contribution in [0, 0.1) is 11.8 Å². The highest BCUT2D eigenvalue weighted by molar-refractivity contribution is 6.22. The molecule has 8 nitrogen and oxygen atoms in total. The van der Waals surface area contributed by atoms with Gasteiger partial charge >= 0.3 is 5.97 Å². The van der Waals surface area contributed by atoms with Crippen LogP contribution in [-0.2, 0) is 19.1 Å². The molecule has 0 aromatic heterocycles. The Bertz CT molecular complexity index is 1060. The van der Waals surface area contributed by atoms with Gasteiger partial charge in [0, 0.05) is 0 Å². The van der Waals surface area contributed by atoms with Gasteiger partial charge in [-0.1, -0.05) is 31.0 Å². The third-order valence-corrected chi connectivity index (χ3v) is 5.98. The summed E-state index contributed by atoms with van der Waals surface area (Å²) in [7, 11) is 0. The van der Waals surface area contributed by atoms with E-state index in [0.717, 1.165) is 25.7 Å². The number of nitrogens with one attached hydrogen (secondary N) is 1. The van der Waals surface area contributed by atoms with E-state index in [2.05, 4.69) is 5.32 Å². The Hall–Kier alpha value is -3.68. The highest BCUT2D eigenvalue weighted by atomic mass is 16.5. The molecular weight excluding hydrogens is 424 g/mol. The SMILES string of the molecule is CCOc1ccccc1NC(=O)COC(=O)c1cccc(N2C(=O)[C@@H]3CCCC[C@H]3C2=O)c1. The van der Waals surface area contributed by atoms with Gasteiger partial charge in [-0.25, -0.2) is 4.79 Å². The number of hydrogen-bond acceptors (Lipinski definition) is 6. The molecule has 1 N–H and O–H groups in total. The van der Waals surface area contributed by atoms with E-state index in [1.54, 1.807) is 36.4 Å². The summed E-state index contributed by atoms with van der Waals surface area (Å²) in [5, 5.41) is 2.66. The largest absolute Gasteiger partial charge is 0.492 e. The van der Waals surface area contributed by atoms with Crippen LogP contribution in [0.5, 0.6) is 5.75 Å². The van der Waals surface area contributed by atoms with E-state index >= 15 is 0 Å². The summed E-state index contributed by atoms with van der Waals surface area (Å²) < 4.78 is 10.6. The van der Waals surface area contributed by atoms with Crippen LogP contribution >= 0.6 is 0 Å². The quantitative estimate of drug-likeness (QED) is 0.511. The number of para-hydroxylation sites is 2. The Morgan fingerprint density at radius 3 is 2.39 bits per heavy atom. The summed E-state index contributed by atoms with van der Waals surface area (Å²) in [6.45, 7) is 1.79. The van der Waals surface area contributed by atoms with Gasteiger partial charge in [0.2, 0.25) is 11.8 Å². The number of hydrogen-bond donors (Lipinski definition) is 1. The number of amides is 3. The molecule has 4 rings (SSSR count). The van der Waals surface area contributed by atoms with Crippen molar-refractivity contribution < 1.29 is 28.7 Å². The van der Waals surface area contributed by atoms with Crippen LogP contribution in [0.2, 0.25) is 0 Å². The zero-order chi connectivity index (χ0) is 23.4. The molecule has 0 unspecified atom stereocenters. The van der Waals surface area contributed by atoms with Gasteiger partial charge in [-0.15, -0.1) is 0 Å². The molecule has 0 bridgehead atoms. The molecule has 2 fully saturated rings. The molecule has 1 saturated carbocycles. The maximum atomic E-state index is 12.8. The second kappa shape index (κ2) is 9.85. The zero-order valence-electron chi connectivity index (χ0n) is 18.4. The van der Waals surface area contributed by atoms with Gasteiger partial charge in [-0.2, -0.15) is 0 Å². The number of fused-ring (bicyclic) bond motifs is 1. The highest BCUT2D eigenvalue weighted by Gasteiger charge is 2.48. The predicted octanol–water partition coefficient (Wildman–Crippen LogP) is 3.56. The Morgan fingerprint density at radius 2 is 1.70 bits per heavy atom. The second-order valence-electron chi connectivity index (χ2n) is 8.11. The monoisotopic (exact) mass is 450 g/mol. The lowest BCUT2D eigenvalue weighted by Gasteiger charge is -2.19. The van der Waals surface area contributed by atoms with E-state index in [4.69, 9.17) is 9.47 Å². The van der Waals surface area contributed by atoms with Crippen molar-refractivity contribution in [1.29, 1.82) is 0 Å². The van der Waals surface area contributed by atoms with Crippen molar-refractivity contribution in [2.75, 3.05) is 23.4 Å². The third-order valence-electron chi connectivity index (χ3n) is 5.98. The van der Waals surface area contributed by atoms with Gasteiger partial charge in [0.05, 0.1) is 35.4 Å². The summed E-state index contributed by atoms with van der Waals surface area (Å²) in [4.78, 5) is 51.6. The molecule has 1 aliphatic carbocycles.